The molecule has 21 heavy (non-hydrogen) atoms. The number of aromatic nitrogens is 2. The summed E-state index contributed by atoms with van der Waals surface area (Å²) in [5.41, 5.74) is 3.45. The molecule has 2 aromatic carbocycles. The quantitative estimate of drug-likeness (QED) is 0.648. The fourth-order valence-corrected chi connectivity index (χ4v) is 2.83. The Balaban J connectivity index is 2.34. The molecule has 1 aromatic heterocycles. The van der Waals surface area contributed by atoms with Crippen LogP contribution in [0.25, 0.3) is 16.7 Å². The van der Waals surface area contributed by atoms with Crippen LogP contribution in [0.15, 0.2) is 42.5 Å². The maximum Gasteiger partial charge on any atom is 0.151 e. The third kappa shape index (κ3) is 2.42. The molecule has 0 unspecified atom stereocenters. The lowest BCUT2D eigenvalue weighted by molar-refractivity contribution is 0.637. The van der Waals surface area contributed by atoms with Crippen LogP contribution in [0.1, 0.15) is 18.3 Å². The molecule has 0 amide bonds. The Morgan fingerprint density at radius 3 is 2.71 bits per heavy atom. The van der Waals surface area contributed by atoms with Crippen molar-refractivity contribution in [1.82, 2.24) is 9.55 Å². The molecule has 0 bridgehead atoms. The Labute approximate surface area is 128 Å². The van der Waals surface area contributed by atoms with E-state index in [0.717, 1.165) is 23.4 Å². The fraction of sp³-hybridized carbons (Fsp3) is 0.235. The molecular formula is C17H16ClFN2. The molecule has 4 heteroatoms. The van der Waals surface area contributed by atoms with Gasteiger partial charge in [-0.2, -0.15) is 0 Å². The average Bonchev–Trinajstić information content (AvgIpc) is 2.87. The van der Waals surface area contributed by atoms with Crippen LogP contribution < -0.4 is 0 Å². The van der Waals surface area contributed by atoms with Crippen molar-refractivity contribution >= 4 is 22.6 Å². The first-order chi connectivity index (χ1) is 10.3. The maximum atomic E-state index is 14.0. The lowest BCUT2D eigenvalue weighted by atomic mass is 10.1. The number of para-hydroxylation sites is 2. The van der Waals surface area contributed by atoms with E-state index in [-0.39, 0.29) is 5.82 Å². The summed E-state index contributed by atoms with van der Waals surface area (Å²) in [4.78, 5) is 4.46. The van der Waals surface area contributed by atoms with Crippen LogP contribution in [0, 0.1) is 5.82 Å². The minimum Gasteiger partial charge on any atom is -0.296 e. The van der Waals surface area contributed by atoms with Crippen molar-refractivity contribution in [1.29, 1.82) is 0 Å². The van der Waals surface area contributed by atoms with E-state index in [1.165, 1.54) is 11.6 Å². The Bertz CT molecular complexity index is 780. The smallest absolute Gasteiger partial charge is 0.151 e. The number of benzene rings is 2. The van der Waals surface area contributed by atoms with Gasteiger partial charge in [0.05, 0.1) is 11.2 Å². The van der Waals surface area contributed by atoms with Crippen molar-refractivity contribution in [3.8, 4) is 5.69 Å². The molecule has 0 radical (unpaired) electrons. The molecule has 108 valence electrons. The highest BCUT2D eigenvalue weighted by molar-refractivity contribution is 6.17. The van der Waals surface area contributed by atoms with Crippen LogP contribution in [0.3, 0.4) is 0 Å². The molecule has 0 aliphatic heterocycles. The molecule has 3 aromatic rings. The normalized spacial score (nSPS) is 11.2. The SMILES string of the molecule is CCc1ccccc1-n1c(CCCl)nc2c(F)cccc21. The number of nitrogens with zero attached hydrogens (tertiary/aromatic N) is 2. The van der Waals surface area contributed by atoms with Gasteiger partial charge in [0.15, 0.2) is 5.82 Å². The van der Waals surface area contributed by atoms with Crippen LogP contribution in [0.5, 0.6) is 0 Å². The van der Waals surface area contributed by atoms with Gasteiger partial charge in [-0.05, 0) is 30.2 Å². The third-order valence-electron chi connectivity index (χ3n) is 3.64. The number of alkyl halides is 1. The van der Waals surface area contributed by atoms with E-state index in [4.69, 9.17) is 11.6 Å². The van der Waals surface area contributed by atoms with E-state index >= 15 is 0 Å². The summed E-state index contributed by atoms with van der Waals surface area (Å²) in [5, 5.41) is 0. The number of hydrogen-bond acceptors (Lipinski definition) is 1. The van der Waals surface area contributed by atoms with Crippen LogP contribution in [-0.2, 0) is 12.8 Å². The minimum absolute atomic E-state index is 0.295. The monoisotopic (exact) mass is 302 g/mol. The molecule has 0 aliphatic rings. The second kappa shape index (κ2) is 5.86. The van der Waals surface area contributed by atoms with Gasteiger partial charge in [0.25, 0.3) is 0 Å². The zero-order valence-electron chi connectivity index (χ0n) is 11.8. The second-order valence-electron chi connectivity index (χ2n) is 4.89. The number of halogens is 2. The lowest BCUT2D eigenvalue weighted by Crippen LogP contribution is -2.05. The predicted octanol–water partition coefficient (Wildman–Crippen LogP) is 4.51. The second-order valence-corrected chi connectivity index (χ2v) is 5.27. The minimum atomic E-state index is -0.295. The van der Waals surface area contributed by atoms with Gasteiger partial charge >= 0.3 is 0 Å². The standard InChI is InChI=1S/C17H16ClFN2/c1-2-12-6-3-4-8-14(12)21-15-9-5-7-13(19)17(15)20-16(21)10-11-18/h3-9H,2,10-11H2,1H3. The van der Waals surface area contributed by atoms with Gasteiger partial charge in [0.1, 0.15) is 11.3 Å². The third-order valence-corrected chi connectivity index (χ3v) is 3.83. The Hall–Kier alpha value is -1.87. The number of fused-ring (bicyclic) bond motifs is 1. The molecule has 1 heterocycles. The van der Waals surface area contributed by atoms with Crippen molar-refractivity contribution in [2.75, 3.05) is 5.88 Å². The molecular weight excluding hydrogens is 287 g/mol. The van der Waals surface area contributed by atoms with Gasteiger partial charge in [-0.3, -0.25) is 4.57 Å². The van der Waals surface area contributed by atoms with E-state index in [2.05, 4.69) is 18.0 Å². The summed E-state index contributed by atoms with van der Waals surface area (Å²) < 4.78 is 16.0. The average molecular weight is 303 g/mol. The van der Waals surface area contributed by atoms with Crippen molar-refractivity contribution in [3.63, 3.8) is 0 Å². The molecule has 0 saturated heterocycles. The number of imidazole rings is 1. The van der Waals surface area contributed by atoms with Crippen molar-refractivity contribution in [2.24, 2.45) is 0 Å². The van der Waals surface area contributed by atoms with Gasteiger partial charge < -0.3 is 0 Å². The zero-order valence-corrected chi connectivity index (χ0v) is 12.6. The number of rotatable bonds is 4. The molecule has 2 nitrogen and oxygen atoms in total. The molecule has 0 saturated carbocycles. The first kappa shape index (κ1) is 14.1. The summed E-state index contributed by atoms with van der Waals surface area (Å²) in [6, 6.07) is 13.2. The fourth-order valence-electron chi connectivity index (χ4n) is 2.66. The molecule has 0 fully saturated rings. The molecule has 0 spiro atoms. The van der Waals surface area contributed by atoms with E-state index in [1.807, 2.05) is 28.8 Å². The highest BCUT2D eigenvalue weighted by Gasteiger charge is 2.16. The van der Waals surface area contributed by atoms with Gasteiger partial charge in [-0.15, -0.1) is 11.6 Å². The summed E-state index contributed by atoms with van der Waals surface area (Å²) in [6.45, 7) is 2.11. The van der Waals surface area contributed by atoms with Crippen molar-refractivity contribution in [2.45, 2.75) is 19.8 Å². The summed E-state index contributed by atoms with van der Waals surface area (Å²) in [6.07, 6.45) is 1.51. The van der Waals surface area contributed by atoms with Gasteiger partial charge in [0.2, 0.25) is 0 Å². The Kier molecular flexibility index (Phi) is 3.93. The van der Waals surface area contributed by atoms with Gasteiger partial charge in [-0.1, -0.05) is 31.2 Å². The highest BCUT2D eigenvalue weighted by Crippen LogP contribution is 2.26. The lowest BCUT2D eigenvalue weighted by Gasteiger charge is -2.12. The van der Waals surface area contributed by atoms with E-state index in [1.54, 1.807) is 6.07 Å². The van der Waals surface area contributed by atoms with Gasteiger partial charge in [-0.25, -0.2) is 9.37 Å². The van der Waals surface area contributed by atoms with Crippen LogP contribution in [-0.4, -0.2) is 15.4 Å². The Morgan fingerprint density at radius 2 is 1.95 bits per heavy atom. The highest BCUT2D eigenvalue weighted by atomic mass is 35.5. The van der Waals surface area contributed by atoms with Crippen LogP contribution >= 0.6 is 11.6 Å². The van der Waals surface area contributed by atoms with E-state index in [0.29, 0.717) is 17.8 Å². The largest absolute Gasteiger partial charge is 0.296 e. The maximum absolute atomic E-state index is 14.0. The topological polar surface area (TPSA) is 17.8 Å². The summed E-state index contributed by atoms with van der Waals surface area (Å²) >= 11 is 5.89. The van der Waals surface area contributed by atoms with Crippen molar-refractivity contribution < 1.29 is 4.39 Å². The molecule has 0 N–H and O–H groups in total. The summed E-state index contributed by atoms with van der Waals surface area (Å²) in [5.74, 6) is 0.959. The Morgan fingerprint density at radius 1 is 1.14 bits per heavy atom. The molecule has 0 aliphatic carbocycles. The van der Waals surface area contributed by atoms with Crippen molar-refractivity contribution in [3.05, 3.63) is 59.7 Å². The number of aryl methyl sites for hydroxylation is 2. The predicted molar refractivity (Wildman–Crippen MR) is 84.8 cm³/mol. The first-order valence-electron chi connectivity index (χ1n) is 7.06. The molecule has 0 atom stereocenters. The summed E-state index contributed by atoms with van der Waals surface area (Å²) in [7, 11) is 0. The first-order valence-corrected chi connectivity index (χ1v) is 7.59. The zero-order chi connectivity index (χ0) is 14.8. The van der Waals surface area contributed by atoms with Gasteiger partial charge in [0, 0.05) is 12.3 Å². The van der Waals surface area contributed by atoms with E-state index in [9.17, 15) is 4.39 Å². The van der Waals surface area contributed by atoms with Crippen LogP contribution in [0.4, 0.5) is 4.39 Å². The molecule has 3 rings (SSSR count). The number of hydrogen-bond donors (Lipinski definition) is 0. The van der Waals surface area contributed by atoms with E-state index < -0.39 is 0 Å². The van der Waals surface area contributed by atoms with Crippen LogP contribution in [0.2, 0.25) is 0 Å².